The third-order valence-electron chi connectivity index (χ3n) is 9.52. The number of amides is 1. The quantitative estimate of drug-likeness (QED) is 0.394. The van der Waals surface area contributed by atoms with Crippen LogP contribution in [0.15, 0.2) is 72.9 Å². The summed E-state index contributed by atoms with van der Waals surface area (Å²) in [5, 5.41) is 8.33. The molecule has 7 heteroatoms. The van der Waals surface area contributed by atoms with Gasteiger partial charge in [-0.15, -0.1) is 0 Å². The van der Waals surface area contributed by atoms with E-state index in [-0.39, 0.29) is 5.91 Å². The van der Waals surface area contributed by atoms with Crippen LogP contribution in [0, 0.1) is 5.41 Å². The predicted molar refractivity (Wildman–Crippen MR) is 162 cm³/mol. The summed E-state index contributed by atoms with van der Waals surface area (Å²) in [6.07, 6.45) is 5.23. The Kier molecular flexibility index (Phi) is 6.47. The van der Waals surface area contributed by atoms with E-state index in [2.05, 4.69) is 91.4 Å². The lowest BCUT2D eigenvalue weighted by molar-refractivity contribution is 0.0610. The molecule has 1 N–H and O–H groups in total. The molecule has 7 nitrogen and oxygen atoms in total. The summed E-state index contributed by atoms with van der Waals surface area (Å²) >= 11 is 0. The lowest BCUT2D eigenvalue weighted by Crippen LogP contribution is -2.44. The van der Waals surface area contributed by atoms with Gasteiger partial charge in [-0.3, -0.25) is 9.89 Å². The predicted octanol–water partition coefficient (Wildman–Crippen LogP) is 5.11. The van der Waals surface area contributed by atoms with E-state index in [9.17, 15) is 4.79 Å². The number of likely N-dealkylation sites (N-methyl/N-ethyl adjacent to an activating group) is 1. The number of nitrogens with one attached hydrogen (secondary N) is 1. The van der Waals surface area contributed by atoms with E-state index < -0.39 is 0 Å². The Balaban J connectivity index is 0.974. The molecule has 0 radical (unpaired) electrons. The van der Waals surface area contributed by atoms with E-state index in [4.69, 9.17) is 0 Å². The number of hydrogen-bond acceptors (Lipinski definition) is 5. The van der Waals surface area contributed by atoms with Gasteiger partial charge in [0.2, 0.25) is 0 Å². The van der Waals surface area contributed by atoms with E-state index in [1.54, 1.807) is 0 Å². The van der Waals surface area contributed by atoms with E-state index in [0.29, 0.717) is 5.41 Å². The Bertz CT molecular complexity index is 1490. The fraction of sp³-hybridized carbons (Fsp3) is 0.394. The maximum atomic E-state index is 13.3. The summed E-state index contributed by atoms with van der Waals surface area (Å²) in [6, 6.07) is 23.7. The number of piperidine rings is 1. The summed E-state index contributed by atoms with van der Waals surface area (Å²) in [5.41, 5.74) is 7.14. The second kappa shape index (κ2) is 10.3. The summed E-state index contributed by atoms with van der Waals surface area (Å²) in [6.45, 7) is 8.09. The van der Waals surface area contributed by atoms with Crippen LogP contribution in [0.4, 0.5) is 11.4 Å². The number of rotatable bonds is 4. The van der Waals surface area contributed by atoms with Gasteiger partial charge in [0.05, 0.1) is 11.7 Å². The Morgan fingerprint density at radius 1 is 0.775 bits per heavy atom. The average Bonchev–Trinajstić information content (AvgIpc) is 3.65. The molecule has 7 rings (SSSR count). The first-order chi connectivity index (χ1) is 19.6. The minimum absolute atomic E-state index is 0.178. The van der Waals surface area contributed by atoms with Gasteiger partial charge in [0, 0.05) is 74.7 Å². The van der Waals surface area contributed by atoms with Crippen molar-refractivity contribution in [2.45, 2.75) is 19.3 Å². The largest absolute Gasteiger partial charge is 0.371 e. The number of aromatic nitrogens is 2. The highest BCUT2D eigenvalue weighted by Crippen LogP contribution is 2.42. The zero-order valence-electron chi connectivity index (χ0n) is 23.4. The molecule has 3 aliphatic heterocycles. The van der Waals surface area contributed by atoms with Gasteiger partial charge in [-0.2, -0.15) is 5.10 Å². The van der Waals surface area contributed by atoms with Crippen molar-refractivity contribution in [2.24, 2.45) is 5.41 Å². The van der Waals surface area contributed by atoms with Gasteiger partial charge in [-0.05, 0) is 91.4 Å². The molecule has 206 valence electrons. The van der Waals surface area contributed by atoms with E-state index >= 15 is 0 Å². The molecule has 3 saturated heterocycles. The van der Waals surface area contributed by atoms with Crippen molar-refractivity contribution < 1.29 is 4.79 Å². The van der Waals surface area contributed by atoms with Crippen molar-refractivity contribution in [3.05, 3.63) is 78.5 Å². The molecular formula is C33H38N6O. The zero-order chi connectivity index (χ0) is 27.1. The minimum atomic E-state index is 0.178. The second-order valence-corrected chi connectivity index (χ2v) is 12.0. The number of carbonyl (C=O) groups is 1. The van der Waals surface area contributed by atoms with Gasteiger partial charge in [-0.1, -0.05) is 18.2 Å². The third kappa shape index (κ3) is 4.83. The smallest absolute Gasteiger partial charge is 0.253 e. The van der Waals surface area contributed by atoms with Crippen LogP contribution in [0.1, 0.15) is 29.6 Å². The highest BCUT2D eigenvalue weighted by molar-refractivity contribution is 5.94. The van der Waals surface area contributed by atoms with Crippen LogP contribution in [-0.4, -0.2) is 85.3 Å². The summed E-state index contributed by atoms with van der Waals surface area (Å²) in [5.74, 6) is 0.178. The molecule has 0 saturated carbocycles. The summed E-state index contributed by atoms with van der Waals surface area (Å²) in [4.78, 5) is 22.7. The molecule has 0 atom stereocenters. The van der Waals surface area contributed by atoms with Gasteiger partial charge in [0.1, 0.15) is 0 Å². The standard InChI is InChI=1S/C33H38N6O/c1-36-17-19-37(20-18-36)29-8-5-25(6-9-29)32(40)38-14-11-33(12-15-38)13-16-39(24-33)30-4-2-3-26(22-30)27-7-10-31-28(21-27)23-34-35-31/h2-10,21-23H,11-20,24H2,1H3,(H,34,35). The minimum Gasteiger partial charge on any atom is -0.371 e. The van der Waals surface area contributed by atoms with Crippen molar-refractivity contribution in [3.63, 3.8) is 0 Å². The van der Waals surface area contributed by atoms with E-state index in [0.717, 1.165) is 81.7 Å². The number of fused-ring (bicyclic) bond motifs is 1. The molecule has 3 aliphatic rings. The molecule has 4 heterocycles. The lowest BCUT2D eigenvalue weighted by atomic mass is 9.77. The molecule has 0 bridgehead atoms. The Hall–Kier alpha value is -3.84. The number of hydrogen-bond donors (Lipinski definition) is 1. The van der Waals surface area contributed by atoms with Crippen LogP contribution in [-0.2, 0) is 0 Å². The van der Waals surface area contributed by atoms with Crippen molar-refractivity contribution in [3.8, 4) is 11.1 Å². The molecule has 1 aromatic heterocycles. The van der Waals surface area contributed by atoms with Gasteiger partial charge in [0.15, 0.2) is 0 Å². The Morgan fingerprint density at radius 2 is 1.52 bits per heavy atom. The number of carbonyl (C=O) groups excluding carboxylic acids is 1. The number of H-pyrrole nitrogens is 1. The number of nitrogens with zero attached hydrogens (tertiary/aromatic N) is 5. The molecule has 3 aromatic carbocycles. The second-order valence-electron chi connectivity index (χ2n) is 12.0. The highest BCUT2D eigenvalue weighted by Gasteiger charge is 2.41. The topological polar surface area (TPSA) is 58.7 Å². The van der Waals surface area contributed by atoms with E-state index in [1.165, 1.54) is 28.9 Å². The van der Waals surface area contributed by atoms with Crippen molar-refractivity contribution >= 4 is 28.2 Å². The maximum absolute atomic E-state index is 13.3. The molecule has 1 amide bonds. The van der Waals surface area contributed by atoms with Crippen LogP contribution in [0.2, 0.25) is 0 Å². The SMILES string of the molecule is CN1CCN(c2ccc(C(=O)N3CCC4(CC3)CCN(c3cccc(-c5ccc6[nH]ncc6c5)c3)C4)cc2)CC1. The van der Waals surface area contributed by atoms with Gasteiger partial charge >= 0.3 is 0 Å². The Labute approximate surface area is 236 Å². The van der Waals surface area contributed by atoms with Gasteiger partial charge in [-0.25, -0.2) is 0 Å². The Morgan fingerprint density at radius 3 is 2.33 bits per heavy atom. The normalized spacial score (nSPS) is 19.6. The van der Waals surface area contributed by atoms with Crippen LogP contribution in [0.5, 0.6) is 0 Å². The van der Waals surface area contributed by atoms with Crippen molar-refractivity contribution in [1.29, 1.82) is 0 Å². The summed E-state index contributed by atoms with van der Waals surface area (Å²) in [7, 11) is 2.17. The molecule has 0 aliphatic carbocycles. The fourth-order valence-corrected chi connectivity index (χ4v) is 6.81. The average molecular weight is 535 g/mol. The number of benzene rings is 3. The first kappa shape index (κ1) is 25.1. The lowest BCUT2D eigenvalue weighted by Gasteiger charge is -2.39. The molecule has 40 heavy (non-hydrogen) atoms. The zero-order valence-corrected chi connectivity index (χ0v) is 23.4. The molecule has 0 unspecified atom stereocenters. The molecule has 3 fully saturated rings. The number of piperazine rings is 1. The third-order valence-corrected chi connectivity index (χ3v) is 9.52. The summed E-state index contributed by atoms with van der Waals surface area (Å²) < 4.78 is 0. The molecular weight excluding hydrogens is 496 g/mol. The van der Waals surface area contributed by atoms with Gasteiger partial charge in [0.25, 0.3) is 5.91 Å². The van der Waals surface area contributed by atoms with Gasteiger partial charge < -0.3 is 19.6 Å². The first-order valence-electron chi connectivity index (χ1n) is 14.7. The van der Waals surface area contributed by atoms with Crippen molar-refractivity contribution in [2.75, 3.05) is 69.2 Å². The first-order valence-corrected chi connectivity index (χ1v) is 14.7. The van der Waals surface area contributed by atoms with Crippen LogP contribution < -0.4 is 9.80 Å². The highest BCUT2D eigenvalue weighted by atomic mass is 16.2. The van der Waals surface area contributed by atoms with Crippen LogP contribution >= 0.6 is 0 Å². The monoisotopic (exact) mass is 534 g/mol. The number of anilines is 2. The number of aromatic amines is 1. The number of likely N-dealkylation sites (tertiary alicyclic amines) is 1. The van der Waals surface area contributed by atoms with Crippen LogP contribution in [0.3, 0.4) is 0 Å². The van der Waals surface area contributed by atoms with Crippen LogP contribution in [0.25, 0.3) is 22.0 Å². The van der Waals surface area contributed by atoms with Crippen molar-refractivity contribution in [1.82, 2.24) is 20.0 Å². The fourth-order valence-electron chi connectivity index (χ4n) is 6.81. The maximum Gasteiger partial charge on any atom is 0.253 e. The molecule has 4 aromatic rings. The molecule has 1 spiro atoms. The van der Waals surface area contributed by atoms with E-state index in [1.807, 2.05) is 18.3 Å².